The van der Waals surface area contributed by atoms with Crippen molar-refractivity contribution in [2.75, 3.05) is 0 Å². The second-order valence-electron chi connectivity index (χ2n) is 4.30. The SMILES string of the molecule is C=C(C)C=CC[C@H](C)c1ccc(C)cc1. The second kappa shape index (κ2) is 5.55. The topological polar surface area (TPSA) is 0 Å². The number of benzene rings is 1. The Morgan fingerprint density at radius 2 is 1.93 bits per heavy atom. The highest BCUT2D eigenvalue weighted by molar-refractivity contribution is 5.25. The molecule has 0 N–H and O–H groups in total. The summed E-state index contributed by atoms with van der Waals surface area (Å²) >= 11 is 0. The van der Waals surface area contributed by atoms with Crippen molar-refractivity contribution < 1.29 is 0 Å². The summed E-state index contributed by atoms with van der Waals surface area (Å²) in [6.45, 7) is 10.2. The molecule has 1 atom stereocenters. The molecular formula is C15H20. The fourth-order valence-corrected chi connectivity index (χ4v) is 1.50. The van der Waals surface area contributed by atoms with Crippen LogP contribution in [0.2, 0.25) is 0 Å². The molecule has 0 heteroatoms. The molecule has 0 saturated carbocycles. The summed E-state index contributed by atoms with van der Waals surface area (Å²) in [7, 11) is 0. The molecule has 1 aromatic rings. The van der Waals surface area contributed by atoms with E-state index in [-0.39, 0.29) is 0 Å². The van der Waals surface area contributed by atoms with Gasteiger partial charge in [0.15, 0.2) is 0 Å². The zero-order chi connectivity index (χ0) is 11.3. The number of hydrogen-bond acceptors (Lipinski definition) is 0. The monoisotopic (exact) mass is 200 g/mol. The maximum atomic E-state index is 3.85. The third-order valence-corrected chi connectivity index (χ3v) is 2.54. The van der Waals surface area contributed by atoms with Crippen LogP contribution in [0, 0.1) is 6.92 Å². The Kier molecular flexibility index (Phi) is 4.36. The van der Waals surface area contributed by atoms with Crippen molar-refractivity contribution in [2.24, 2.45) is 0 Å². The Hall–Kier alpha value is -1.30. The minimum atomic E-state index is 0.584. The molecule has 1 aromatic carbocycles. The van der Waals surface area contributed by atoms with E-state index in [1.54, 1.807) is 0 Å². The fraction of sp³-hybridized carbons (Fsp3) is 0.333. The van der Waals surface area contributed by atoms with Gasteiger partial charge in [-0.3, -0.25) is 0 Å². The van der Waals surface area contributed by atoms with Crippen molar-refractivity contribution in [3.8, 4) is 0 Å². The number of rotatable bonds is 4. The van der Waals surface area contributed by atoms with E-state index in [0.717, 1.165) is 12.0 Å². The van der Waals surface area contributed by atoms with E-state index in [4.69, 9.17) is 0 Å². The average molecular weight is 200 g/mol. The molecule has 15 heavy (non-hydrogen) atoms. The summed E-state index contributed by atoms with van der Waals surface area (Å²) in [5.41, 5.74) is 3.85. The van der Waals surface area contributed by atoms with Crippen molar-refractivity contribution >= 4 is 0 Å². The smallest absolute Gasteiger partial charge is 0.0156 e. The molecule has 0 amide bonds. The molecule has 1 rings (SSSR count). The van der Waals surface area contributed by atoms with Crippen LogP contribution in [0.4, 0.5) is 0 Å². The highest BCUT2D eigenvalue weighted by Crippen LogP contribution is 2.19. The Morgan fingerprint density at radius 3 is 2.47 bits per heavy atom. The average Bonchev–Trinajstić information content (AvgIpc) is 2.18. The maximum absolute atomic E-state index is 3.85. The van der Waals surface area contributed by atoms with Crippen molar-refractivity contribution in [2.45, 2.75) is 33.1 Å². The van der Waals surface area contributed by atoms with Crippen LogP contribution in [0.15, 0.2) is 48.6 Å². The summed E-state index contributed by atoms with van der Waals surface area (Å²) < 4.78 is 0. The first-order valence-electron chi connectivity index (χ1n) is 5.48. The predicted molar refractivity (Wildman–Crippen MR) is 68.2 cm³/mol. The molecular weight excluding hydrogens is 180 g/mol. The molecule has 0 aromatic heterocycles. The Morgan fingerprint density at radius 1 is 1.33 bits per heavy atom. The molecule has 0 bridgehead atoms. The lowest BCUT2D eigenvalue weighted by atomic mass is 9.96. The molecule has 0 aliphatic heterocycles. The molecule has 0 heterocycles. The van der Waals surface area contributed by atoms with E-state index < -0.39 is 0 Å². The van der Waals surface area contributed by atoms with Gasteiger partial charge in [0.25, 0.3) is 0 Å². The van der Waals surface area contributed by atoms with E-state index in [1.807, 2.05) is 6.92 Å². The Bertz CT molecular complexity index is 341. The van der Waals surface area contributed by atoms with Crippen LogP contribution < -0.4 is 0 Å². The summed E-state index contributed by atoms with van der Waals surface area (Å²) in [4.78, 5) is 0. The van der Waals surface area contributed by atoms with Gasteiger partial charge in [0, 0.05) is 0 Å². The molecule has 0 nitrogen and oxygen atoms in total. The van der Waals surface area contributed by atoms with Crippen LogP contribution in [0.3, 0.4) is 0 Å². The van der Waals surface area contributed by atoms with E-state index in [1.165, 1.54) is 11.1 Å². The molecule has 0 aliphatic rings. The summed E-state index contributed by atoms with van der Waals surface area (Å²) in [6, 6.07) is 8.78. The van der Waals surface area contributed by atoms with E-state index in [2.05, 4.69) is 56.8 Å². The van der Waals surface area contributed by atoms with Crippen molar-refractivity contribution in [1.29, 1.82) is 0 Å². The Balaban J connectivity index is 2.57. The number of aryl methyl sites for hydroxylation is 1. The highest BCUT2D eigenvalue weighted by Gasteiger charge is 2.02. The third kappa shape index (κ3) is 4.16. The van der Waals surface area contributed by atoms with Crippen molar-refractivity contribution in [1.82, 2.24) is 0 Å². The van der Waals surface area contributed by atoms with Gasteiger partial charge in [-0.1, -0.05) is 61.1 Å². The zero-order valence-electron chi connectivity index (χ0n) is 9.96. The van der Waals surface area contributed by atoms with Crippen LogP contribution in [0.5, 0.6) is 0 Å². The third-order valence-electron chi connectivity index (χ3n) is 2.54. The van der Waals surface area contributed by atoms with E-state index >= 15 is 0 Å². The minimum Gasteiger partial charge on any atom is -0.0961 e. The van der Waals surface area contributed by atoms with E-state index in [9.17, 15) is 0 Å². The highest BCUT2D eigenvalue weighted by atomic mass is 14.1. The first kappa shape index (κ1) is 11.8. The van der Waals surface area contributed by atoms with Crippen molar-refractivity contribution in [3.05, 3.63) is 59.7 Å². The van der Waals surface area contributed by atoms with Gasteiger partial charge in [0.2, 0.25) is 0 Å². The fourth-order valence-electron chi connectivity index (χ4n) is 1.50. The van der Waals surface area contributed by atoms with Gasteiger partial charge in [0.1, 0.15) is 0 Å². The van der Waals surface area contributed by atoms with Crippen LogP contribution in [0.25, 0.3) is 0 Å². The molecule has 80 valence electrons. The largest absolute Gasteiger partial charge is 0.0961 e. The lowest BCUT2D eigenvalue weighted by Gasteiger charge is -2.09. The van der Waals surface area contributed by atoms with Gasteiger partial charge in [0.05, 0.1) is 0 Å². The Labute approximate surface area is 93.3 Å². The maximum Gasteiger partial charge on any atom is -0.0156 e. The van der Waals surface area contributed by atoms with Crippen LogP contribution in [-0.2, 0) is 0 Å². The van der Waals surface area contributed by atoms with Gasteiger partial charge in [-0.25, -0.2) is 0 Å². The molecule has 0 aliphatic carbocycles. The van der Waals surface area contributed by atoms with E-state index in [0.29, 0.717) is 5.92 Å². The molecule has 0 saturated heterocycles. The molecule has 0 spiro atoms. The quantitative estimate of drug-likeness (QED) is 0.622. The molecule has 0 fully saturated rings. The van der Waals surface area contributed by atoms with Gasteiger partial charge < -0.3 is 0 Å². The normalized spacial score (nSPS) is 13.0. The zero-order valence-corrected chi connectivity index (χ0v) is 9.96. The van der Waals surface area contributed by atoms with Gasteiger partial charge >= 0.3 is 0 Å². The van der Waals surface area contributed by atoms with Crippen LogP contribution >= 0.6 is 0 Å². The predicted octanol–water partition coefficient (Wildman–Crippen LogP) is 4.62. The van der Waals surface area contributed by atoms with Crippen molar-refractivity contribution in [3.63, 3.8) is 0 Å². The lowest BCUT2D eigenvalue weighted by molar-refractivity contribution is 0.780. The summed E-state index contributed by atoms with van der Waals surface area (Å²) in [6.07, 6.45) is 5.37. The second-order valence-corrected chi connectivity index (χ2v) is 4.30. The lowest BCUT2D eigenvalue weighted by Crippen LogP contribution is -1.91. The summed E-state index contributed by atoms with van der Waals surface area (Å²) in [5.74, 6) is 0.584. The first-order chi connectivity index (χ1) is 7.09. The van der Waals surface area contributed by atoms with Crippen LogP contribution in [0.1, 0.15) is 37.3 Å². The molecule has 0 radical (unpaired) electrons. The minimum absolute atomic E-state index is 0.584. The number of hydrogen-bond donors (Lipinski definition) is 0. The van der Waals surface area contributed by atoms with Gasteiger partial charge in [-0.05, 0) is 31.7 Å². The number of allylic oxidation sites excluding steroid dienone is 3. The van der Waals surface area contributed by atoms with Gasteiger partial charge in [-0.2, -0.15) is 0 Å². The first-order valence-corrected chi connectivity index (χ1v) is 5.48. The summed E-state index contributed by atoms with van der Waals surface area (Å²) in [5, 5.41) is 0. The standard InChI is InChI=1S/C15H20/c1-12(2)6-5-7-14(4)15-10-8-13(3)9-11-15/h5-6,8-11,14H,1,7H2,2-4H3/t14-/m0/s1. The van der Waals surface area contributed by atoms with Crippen LogP contribution in [-0.4, -0.2) is 0 Å². The van der Waals surface area contributed by atoms with Gasteiger partial charge in [-0.15, -0.1) is 0 Å². The molecule has 0 unspecified atom stereocenters.